The zero-order valence-electron chi connectivity index (χ0n) is 21.4. The van der Waals surface area contributed by atoms with Gasteiger partial charge in [-0.1, -0.05) is 101 Å². The van der Waals surface area contributed by atoms with E-state index < -0.39 is 0 Å². The van der Waals surface area contributed by atoms with Crippen LogP contribution >= 0.6 is 0 Å². The molecule has 0 saturated carbocycles. The number of benzene rings is 1. The topological polar surface area (TPSA) is 40.5 Å². The quantitative estimate of drug-likeness (QED) is 0.149. The molecule has 0 aliphatic carbocycles. The molecule has 4 heteroatoms. The molecule has 2 N–H and O–H groups in total. The largest absolute Gasteiger partial charge is 1.00 e. The molecule has 3 nitrogen and oxygen atoms in total. The Labute approximate surface area is 211 Å². The number of rotatable bonds is 22. The van der Waals surface area contributed by atoms with E-state index in [4.69, 9.17) is 0 Å². The summed E-state index contributed by atoms with van der Waals surface area (Å²) in [6.07, 6.45) is 23.3. The summed E-state index contributed by atoms with van der Waals surface area (Å²) in [6, 6.07) is 10.5. The van der Waals surface area contributed by atoms with Crippen LogP contribution in [0.4, 0.5) is 0 Å². The van der Waals surface area contributed by atoms with E-state index in [1.54, 1.807) is 0 Å². The molecule has 0 amide bonds. The van der Waals surface area contributed by atoms with E-state index in [1.807, 2.05) is 6.07 Å². The van der Waals surface area contributed by atoms with Gasteiger partial charge in [-0.05, 0) is 38.5 Å². The number of allylic oxidation sites excluding steroid dienone is 2. The van der Waals surface area contributed by atoms with Gasteiger partial charge in [-0.25, -0.2) is 0 Å². The standard InChI is InChI=1S/C29H52NO2.ClH/c1-2-3-4-5-6-7-8-9-10-11-12-13-14-15-16-20-23-30(24-26-31,25-27-32)28-29-21-18-17-19-22-29;/h9-10,17-19,21-22,31-32H,2-8,11-16,20,23-28H2,1H3;1H/q+1;/p-1/b10-9-;. The average Bonchev–Trinajstić information content (AvgIpc) is 2.80. The highest BCUT2D eigenvalue weighted by molar-refractivity contribution is 5.13. The van der Waals surface area contributed by atoms with Crippen molar-refractivity contribution in [1.82, 2.24) is 0 Å². The van der Waals surface area contributed by atoms with Gasteiger partial charge < -0.3 is 27.1 Å². The molecule has 1 aromatic carbocycles. The number of aliphatic hydroxyl groups is 2. The van der Waals surface area contributed by atoms with Gasteiger partial charge in [-0.3, -0.25) is 0 Å². The third kappa shape index (κ3) is 17.3. The maximum Gasteiger partial charge on any atom is 0.104 e. The summed E-state index contributed by atoms with van der Waals surface area (Å²) in [5.41, 5.74) is 1.29. The number of unbranched alkanes of at least 4 members (excludes halogenated alkanes) is 12. The lowest BCUT2D eigenvalue weighted by Crippen LogP contribution is -3.00. The minimum absolute atomic E-state index is 0. The van der Waals surface area contributed by atoms with Gasteiger partial charge in [-0.15, -0.1) is 0 Å². The van der Waals surface area contributed by atoms with Gasteiger partial charge in [-0.2, -0.15) is 0 Å². The van der Waals surface area contributed by atoms with Crippen LogP contribution < -0.4 is 12.4 Å². The monoisotopic (exact) mass is 481 g/mol. The number of nitrogens with zero attached hydrogens (tertiary/aromatic N) is 1. The van der Waals surface area contributed by atoms with Gasteiger partial charge in [0.05, 0.1) is 19.8 Å². The first-order valence-corrected chi connectivity index (χ1v) is 13.5. The minimum Gasteiger partial charge on any atom is -1.00 e. The van der Waals surface area contributed by atoms with E-state index >= 15 is 0 Å². The van der Waals surface area contributed by atoms with Crippen molar-refractivity contribution in [1.29, 1.82) is 0 Å². The van der Waals surface area contributed by atoms with Crippen molar-refractivity contribution in [3.05, 3.63) is 48.0 Å². The van der Waals surface area contributed by atoms with Crippen LogP contribution in [0.2, 0.25) is 0 Å². The van der Waals surface area contributed by atoms with E-state index in [0.29, 0.717) is 0 Å². The maximum atomic E-state index is 9.64. The summed E-state index contributed by atoms with van der Waals surface area (Å²) in [7, 11) is 0. The Hall–Kier alpha value is -0.870. The molecular weight excluding hydrogens is 430 g/mol. The fourth-order valence-corrected chi connectivity index (χ4v) is 4.66. The van der Waals surface area contributed by atoms with Gasteiger partial charge in [0.2, 0.25) is 0 Å². The Balaban J connectivity index is 0.0000102. The Morgan fingerprint density at radius 2 is 1.12 bits per heavy atom. The molecule has 0 bridgehead atoms. The Bertz CT molecular complexity index is 544. The van der Waals surface area contributed by atoms with Crippen molar-refractivity contribution in [2.75, 3.05) is 32.8 Å². The third-order valence-corrected chi connectivity index (χ3v) is 6.65. The normalized spacial score (nSPS) is 11.7. The molecule has 1 rings (SSSR count). The predicted molar refractivity (Wildman–Crippen MR) is 139 cm³/mol. The van der Waals surface area contributed by atoms with Crippen molar-refractivity contribution in [3.63, 3.8) is 0 Å². The summed E-state index contributed by atoms with van der Waals surface area (Å²) >= 11 is 0. The second kappa shape index (κ2) is 22.9. The molecule has 0 heterocycles. The molecular formula is C29H52ClNO2. The zero-order chi connectivity index (χ0) is 23.2. The second-order valence-corrected chi connectivity index (χ2v) is 9.54. The smallest absolute Gasteiger partial charge is 0.104 e. The SMILES string of the molecule is CCCCCCCC/C=C\CCCCCCCC[N+](CCO)(CCO)Cc1ccccc1.[Cl-]. The highest BCUT2D eigenvalue weighted by Crippen LogP contribution is 2.18. The molecule has 0 aliphatic rings. The van der Waals surface area contributed by atoms with E-state index in [1.165, 1.54) is 95.5 Å². The van der Waals surface area contributed by atoms with E-state index in [9.17, 15) is 10.2 Å². The highest BCUT2D eigenvalue weighted by atomic mass is 35.5. The van der Waals surface area contributed by atoms with Crippen LogP contribution in [-0.2, 0) is 6.54 Å². The van der Waals surface area contributed by atoms with Gasteiger partial charge in [0.25, 0.3) is 0 Å². The van der Waals surface area contributed by atoms with E-state index in [0.717, 1.165) is 30.7 Å². The summed E-state index contributed by atoms with van der Waals surface area (Å²) in [5.74, 6) is 0. The summed E-state index contributed by atoms with van der Waals surface area (Å²) < 4.78 is 0.792. The number of halogens is 1. The number of aliphatic hydroxyl groups excluding tert-OH is 2. The van der Waals surface area contributed by atoms with Crippen molar-refractivity contribution in [3.8, 4) is 0 Å². The Morgan fingerprint density at radius 3 is 1.64 bits per heavy atom. The molecule has 0 fully saturated rings. The third-order valence-electron chi connectivity index (χ3n) is 6.65. The summed E-state index contributed by atoms with van der Waals surface area (Å²) in [5, 5.41) is 19.3. The lowest BCUT2D eigenvalue weighted by molar-refractivity contribution is -0.941. The lowest BCUT2D eigenvalue weighted by Gasteiger charge is -2.38. The summed E-state index contributed by atoms with van der Waals surface area (Å²) in [6.45, 7) is 6.02. The maximum absolute atomic E-state index is 9.64. The van der Waals surface area contributed by atoms with Crippen LogP contribution in [0.15, 0.2) is 42.5 Å². The van der Waals surface area contributed by atoms with Crippen molar-refractivity contribution in [2.24, 2.45) is 0 Å². The summed E-state index contributed by atoms with van der Waals surface area (Å²) in [4.78, 5) is 0. The van der Waals surface area contributed by atoms with Crippen LogP contribution in [0, 0.1) is 0 Å². The van der Waals surface area contributed by atoms with Crippen LogP contribution in [-0.4, -0.2) is 47.5 Å². The number of hydrogen-bond acceptors (Lipinski definition) is 2. The molecule has 192 valence electrons. The molecule has 1 aromatic rings. The lowest BCUT2D eigenvalue weighted by atomic mass is 10.1. The number of quaternary nitrogens is 1. The predicted octanol–water partition coefficient (Wildman–Crippen LogP) is 4.03. The average molecular weight is 482 g/mol. The van der Waals surface area contributed by atoms with Crippen molar-refractivity contribution in [2.45, 2.75) is 103 Å². The molecule has 0 aromatic heterocycles. The van der Waals surface area contributed by atoms with Gasteiger partial charge >= 0.3 is 0 Å². The molecule has 0 saturated heterocycles. The fraction of sp³-hybridized carbons (Fsp3) is 0.724. The van der Waals surface area contributed by atoms with Crippen LogP contribution in [0.25, 0.3) is 0 Å². The zero-order valence-corrected chi connectivity index (χ0v) is 22.2. The van der Waals surface area contributed by atoms with E-state index in [2.05, 4.69) is 43.3 Å². The second-order valence-electron chi connectivity index (χ2n) is 9.54. The van der Waals surface area contributed by atoms with Gasteiger partial charge in [0, 0.05) is 5.56 Å². The van der Waals surface area contributed by atoms with Crippen molar-refractivity contribution >= 4 is 0 Å². The molecule has 0 radical (unpaired) electrons. The van der Waals surface area contributed by atoms with Crippen LogP contribution in [0.3, 0.4) is 0 Å². The minimum atomic E-state index is 0. The van der Waals surface area contributed by atoms with Crippen molar-refractivity contribution < 1.29 is 27.1 Å². The Kier molecular flexibility index (Phi) is 22.3. The molecule has 0 unspecified atom stereocenters. The Morgan fingerprint density at radius 1 is 0.636 bits per heavy atom. The number of hydrogen-bond donors (Lipinski definition) is 2. The van der Waals surface area contributed by atoms with Gasteiger partial charge in [0.15, 0.2) is 0 Å². The molecule has 33 heavy (non-hydrogen) atoms. The molecule has 0 atom stereocenters. The van der Waals surface area contributed by atoms with Gasteiger partial charge in [0.1, 0.15) is 19.6 Å². The van der Waals surface area contributed by atoms with Crippen LogP contribution in [0.1, 0.15) is 102 Å². The highest BCUT2D eigenvalue weighted by Gasteiger charge is 2.26. The fourth-order valence-electron chi connectivity index (χ4n) is 4.66. The molecule has 0 spiro atoms. The van der Waals surface area contributed by atoms with E-state index in [-0.39, 0.29) is 25.6 Å². The first-order chi connectivity index (χ1) is 15.8. The van der Waals surface area contributed by atoms with Crippen LogP contribution in [0.5, 0.6) is 0 Å². The first kappa shape index (κ1) is 32.1. The first-order valence-electron chi connectivity index (χ1n) is 13.5. The molecule has 0 aliphatic heterocycles.